The van der Waals surface area contributed by atoms with Crippen molar-refractivity contribution in [2.45, 2.75) is 59.0 Å². The summed E-state index contributed by atoms with van der Waals surface area (Å²) in [5.41, 5.74) is 4.79. The zero-order chi connectivity index (χ0) is 38.9. The SMILES string of the molecule is C=CC(=O)N1CC2CN(CCCN(C)C)c3c(c4cc(Cl)c(-c5c(C)ccc6[nH]c(=O)n(C)c56)c(F)c4n(-c4c(C)ccnc4C(C)C)c3=O)N2CC1C. The Morgan fingerprint density at radius 3 is 2.50 bits per heavy atom. The Balaban J connectivity index is 1.64. The van der Waals surface area contributed by atoms with Gasteiger partial charge in [0.05, 0.1) is 44.7 Å². The average Bonchev–Trinajstić information content (AvgIpc) is 3.41. The molecule has 2 aliphatic rings. The smallest absolute Gasteiger partial charge is 0.326 e. The van der Waals surface area contributed by atoms with Gasteiger partial charge >= 0.3 is 5.69 Å². The van der Waals surface area contributed by atoms with E-state index in [2.05, 4.69) is 26.3 Å². The maximum atomic E-state index is 18.3. The molecule has 1 N–H and O–H groups in total. The summed E-state index contributed by atoms with van der Waals surface area (Å²) in [6, 6.07) is 6.85. The Morgan fingerprint density at radius 2 is 1.81 bits per heavy atom. The first-order valence-electron chi connectivity index (χ1n) is 18.5. The van der Waals surface area contributed by atoms with E-state index in [4.69, 9.17) is 16.6 Å². The molecule has 1 saturated heterocycles. The van der Waals surface area contributed by atoms with Crippen molar-refractivity contribution in [3.63, 3.8) is 0 Å². The largest absolute Gasteiger partial charge is 0.363 e. The molecule has 0 radical (unpaired) electrons. The topological polar surface area (TPSA) is 103 Å². The molecular weight excluding hydrogens is 707 g/mol. The summed E-state index contributed by atoms with van der Waals surface area (Å²) in [6.07, 6.45) is 3.84. The number of rotatable bonds is 8. The first-order valence-corrected chi connectivity index (χ1v) is 18.9. The van der Waals surface area contributed by atoms with Gasteiger partial charge in [-0.25, -0.2) is 9.18 Å². The third-order valence-corrected chi connectivity index (χ3v) is 11.4. The number of aromatic nitrogens is 4. The number of benzene rings is 2. The van der Waals surface area contributed by atoms with Gasteiger partial charge in [-0.15, -0.1) is 0 Å². The maximum Gasteiger partial charge on any atom is 0.326 e. The number of amides is 1. The molecule has 7 rings (SSSR count). The number of H-pyrrole nitrogens is 1. The molecule has 2 aromatic carbocycles. The highest BCUT2D eigenvalue weighted by atomic mass is 35.5. The van der Waals surface area contributed by atoms with Crippen LogP contribution in [-0.2, 0) is 11.8 Å². The molecule has 1 amide bonds. The summed E-state index contributed by atoms with van der Waals surface area (Å²) in [6.45, 7) is 16.2. The van der Waals surface area contributed by atoms with Crippen molar-refractivity contribution in [1.29, 1.82) is 0 Å². The van der Waals surface area contributed by atoms with Gasteiger partial charge in [0.25, 0.3) is 5.56 Å². The predicted molar refractivity (Wildman–Crippen MR) is 216 cm³/mol. The second-order valence-corrected chi connectivity index (χ2v) is 15.8. The summed E-state index contributed by atoms with van der Waals surface area (Å²) in [7, 11) is 5.67. The second-order valence-electron chi connectivity index (χ2n) is 15.4. The second kappa shape index (κ2) is 14.0. The Kier molecular flexibility index (Phi) is 9.72. The van der Waals surface area contributed by atoms with Crippen LogP contribution < -0.4 is 21.0 Å². The number of hydrogen-bond donors (Lipinski definition) is 1. The summed E-state index contributed by atoms with van der Waals surface area (Å²) >= 11 is 7.27. The number of carbonyl (C=O) groups excluding carboxylic acids is 1. The van der Waals surface area contributed by atoms with Gasteiger partial charge < -0.3 is 24.6 Å². The third-order valence-electron chi connectivity index (χ3n) is 11.1. The van der Waals surface area contributed by atoms with Crippen LogP contribution in [0.4, 0.5) is 15.8 Å². The lowest BCUT2D eigenvalue weighted by molar-refractivity contribution is -0.128. The number of hydrogen-bond acceptors (Lipinski definition) is 7. The average molecular weight is 755 g/mol. The van der Waals surface area contributed by atoms with Crippen molar-refractivity contribution in [2.75, 3.05) is 56.6 Å². The number of nitrogens with one attached hydrogen (secondary N) is 1. The van der Waals surface area contributed by atoms with Crippen molar-refractivity contribution in [2.24, 2.45) is 7.05 Å². The molecule has 13 heteroatoms. The lowest BCUT2D eigenvalue weighted by atomic mass is 9.93. The Hall–Kier alpha value is -4.94. The Morgan fingerprint density at radius 1 is 1.07 bits per heavy atom. The van der Waals surface area contributed by atoms with Gasteiger partial charge in [0.15, 0.2) is 5.82 Å². The number of pyridine rings is 2. The fourth-order valence-corrected chi connectivity index (χ4v) is 8.81. The van der Waals surface area contributed by atoms with Gasteiger partial charge in [-0.1, -0.05) is 38.1 Å². The zero-order valence-electron chi connectivity index (χ0n) is 32.3. The van der Waals surface area contributed by atoms with Crippen LogP contribution in [0.2, 0.25) is 5.02 Å². The van der Waals surface area contributed by atoms with Crippen LogP contribution in [0, 0.1) is 19.7 Å². The van der Waals surface area contributed by atoms with Gasteiger partial charge in [0, 0.05) is 62.0 Å². The molecule has 5 aromatic rings. The van der Waals surface area contributed by atoms with Crippen LogP contribution >= 0.6 is 11.6 Å². The summed E-state index contributed by atoms with van der Waals surface area (Å²) < 4.78 is 21.2. The molecule has 0 aliphatic carbocycles. The van der Waals surface area contributed by atoms with Crippen LogP contribution in [0.3, 0.4) is 0 Å². The molecular formula is C41H48ClFN8O3. The van der Waals surface area contributed by atoms with Crippen molar-refractivity contribution in [3.05, 3.63) is 91.6 Å². The van der Waals surface area contributed by atoms with E-state index in [1.165, 1.54) is 15.2 Å². The van der Waals surface area contributed by atoms with Crippen molar-refractivity contribution < 1.29 is 9.18 Å². The Labute approximate surface area is 319 Å². The number of imidazole rings is 1. The summed E-state index contributed by atoms with van der Waals surface area (Å²) in [5.74, 6) is -0.910. The molecule has 2 atom stereocenters. The summed E-state index contributed by atoms with van der Waals surface area (Å²) in [4.78, 5) is 57.3. The predicted octanol–water partition coefficient (Wildman–Crippen LogP) is 6.13. The molecule has 5 heterocycles. The molecule has 284 valence electrons. The number of carbonyl (C=O) groups is 1. The van der Waals surface area contributed by atoms with E-state index < -0.39 is 5.82 Å². The third kappa shape index (κ3) is 5.90. The molecule has 0 spiro atoms. The molecule has 2 aliphatic heterocycles. The van der Waals surface area contributed by atoms with E-state index in [0.717, 1.165) is 18.5 Å². The van der Waals surface area contributed by atoms with E-state index in [1.54, 1.807) is 25.4 Å². The van der Waals surface area contributed by atoms with E-state index in [-0.39, 0.29) is 51.3 Å². The normalized spacial score (nSPS) is 17.2. The monoisotopic (exact) mass is 754 g/mol. The van der Waals surface area contributed by atoms with Crippen LogP contribution in [0.5, 0.6) is 0 Å². The molecule has 11 nitrogen and oxygen atoms in total. The standard InChI is InChI=1S/C41H48ClFN8O3/c1-10-30(52)49-21-26-20-48(17-11-16-46(7)8)39-37(50(26)19-25(49)6)27-18-28(42)32(31-23(4)12-13-29-38(31)47(9)41(54)45-29)33(43)36(27)51(40(39)53)35-24(5)14-15-44-34(35)22(2)3/h10,12-15,18,22,25-26H,1,11,16-17,19-21H2,2-9H3,(H,45,54). The van der Waals surface area contributed by atoms with Gasteiger partial charge in [0.2, 0.25) is 5.91 Å². The van der Waals surface area contributed by atoms with E-state index in [1.807, 2.05) is 65.7 Å². The van der Waals surface area contributed by atoms with Crippen molar-refractivity contribution in [3.8, 4) is 16.8 Å². The fourth-order valence-electron chi connectivity index (χ4n) is 8.52. The lowest BCUT2D eigenvalue weighted by Gasteiger charge is -2.52. The number of anilines is 2. The lowest BCUT2D eigenvalue weighted by Crippen LogP contribution is -2.64. The minimum atomic E-state index is -0.672. The number of aryl methyl sites for hydroxylation is 3. The van der Waals surface area contributed by atoms with Crippen molar-refractivity contribution >= 4 is 50.8 Å². The number of nitrogens with zero attached hydrogens (tertiary/aromatic N) is 7. The Bertz CT molecular complexity index is 2470. The van der Waals surface area contributed by atoms with Crippen LogP contribution in [0.15, 0.2) is 52.7 Å². The number of piperazine rings is 1. The molecule has 2 unspecified atom stereocenters. The molecule has 0 saturated carbocycles. The van der Waals surface area contributed by atoms with Crippen LogP contribution in [-0.4, -0.2) is 93.7 Å². The van der Waals surface area contributed by atoms with Gasteiger partial charge in [-0.3, -0.25) is 23.7 Å². The van der Waals surface area contributed by atoms with E-state index >= 15 is 9.18 Å². The first-order chi connectivity index (χ1) is 25.7. The number of aromatic amines is 1. The van der Waals surface area contributed by atoms with E-state index in [9.17, 15) is 9.59 Å². The van der Waals surface area contributed by atoms with Gasteiger partial charge in [-0.05, 0) is 89.2 Å². The zero-order valence-corrected chi connectivity index (χ0v) is 33.0. The minimum Gasteiger partial charge on any atom is -0.363 e. The van der Waals surface area contributed by atoms with Crippen molar-refractivity contribution in [1.82, 2.24) is 28.9 Å². The summed E-state index contributed by atoms with van der Waals surface area (Å²) in [5, 5.41) is 0.637. The van der Waals surface area contributed by atoms with Gasteiger partial charge in [0.1, 0.15) is 5.69 Å². The first kappa shape index (κ1) is 37.4. The number of fused-ring (bicyclic) bond motifs is 6. The highest BCUT2D eigenvalue weighted by Crippen LogP contribution is 2.47. The molecule has 0 bridgehead atoms. The van der Waals surface area contributed by atoms with Gasteiger partial charge in [-0.2, -0.15) is 0 Å². The van der Waals surface area contributed by atoms with E-state index in [0.29, 0.717) is 76.5 Å². The highest BCUT2D eigenvalue weighted by molar-refractivity contribution is 6.35. The molecule has 54 heavy (non-hydrogen) atoms. The molecule has 3 aromatic heterocycles. The highest BCUT2D eigenvalue weighted by Gasteiger charge is 2.42. The minimum absolute atomic E-state index is 0.0826. The van der Waals surface area contributed by atoms with Crippen LogP contribution in [0.25, 0.3) is 38.8 Å². The fraction of sp³-hybridized carbons (Fsp3) is 0.415. The molecule has 1 fully saturated rings. The quantitative estimate of drug-likeness (QED) is 0.190. The van der Waals surface area contributed by atoms with Crippen LogP contribution in [0.1, 0.15) is 49.9 Å². The maximum absolute atomic E-state index is 18.3. The number of halogens is 2.